The highest BCUT2D eigenvalue weighted by molar-refractivity contribution is 8.14. The molecule has 1 atom stereocenters. The van der Waals surface area contributed by atoms with Crippen molar-refractivity contribution in [2.24, 2.45) is 0 Å². The van der Waals surface area contributed by atoms with E-state index in [1.165, 1.54) is 13.9 Å². The molecule has 0 aromatic heterocycles. The van der Waals surface area contributed by atoms with Gasteiger partial charge < -0.3 is 9.21 Å². The van der Waals surface area contributed by atoms with Gasteiger partial charge in [-0.25, -0.2) is 0 Å². The van der Waals surface area contributed by atoms with Crippen LogP contribution in [0.25, 0.3) is 0 Å². The van der Waals surface area contributed by atoms with E-state index in [9.17, 15) is 4.55 Å². The largest absolute Gasteiger partial charge is 0.637 e. The molecule has 0 amide bonds. The van der Waals surface area contributed by atoms with Crippen molar-refractivity contribution in [3.63, 3.8) is 0 Å². The first-order valence-corrected chi connectivity index (χ1v) is 3.42. The van der Waals surface area contributed by atoms with E-state index in [0.29, 0.717) is 5.75 Å². The van der Waals surface area contributed by atoms with Gasteiger partial charge in [-0.3, -0.25) is 0 Å². The van der Waals surface area contributed by atoms with Crippen molar-refractivity contribution < 1.29 is 9.21 Å². The second kappa shape index (κ2) is 4.49. The highest BCUT2D eigenvalue weighted by atomic mass is 32.2. The second-order valence-electron chi connectivity index (χ2n) is 1.00. The summed E-state index contributed by atoms with van der Waals surface area (Å²) < 4.78 is 14.8. The Hall–Kier alpha value is 0.335. The SMILES string of the molecule is CC[S+]([O-])[B]OC. The monoisotopic (exact) mass is 119 g/mol. The van der Waals surface area contributed by atoms with Crippen LogP contribution in [0, 0.1) is 0 Å². The van der Waals surface area contributed by atoms with Gasteiger partial charge in [-0.05, 0) is 6.92 Å². The fourth-order valence-electron chi connectivity index (χ4n) is 0.175. The first-order chi connectivity index (χ1) is 3.31. The van der Waals surface area contributed by atoms with Gasteiger partial charge in [0.1, 0.15) is 0 Å². The lowest BCUT2D eigenvalue weighted by atomic mass is 10.6. The summed E-state index contributed by atoms with van der Waals surface area (Å²) in [6.45, 7) is 3.16. The van der Waals surface area contributed by atoms with Crippen molar-refractivity contribution in [2.45, 2.75) is 6.92 Å². The zero-order valence-electron chi connectivity index (χ0n) is 4.51. The molecule has 7 heavy (non-hydrogen) atoms. The van der Waals surface area contributed by atoms with Crippen LogP contribution in [0.2, 0.25) is 0 Å². The van der Waals surface area contributed by atoms with Gasteiger partial charge in [0.25, 0.3) is 0 Å². The predicted molar refractivity (Wildman–Crippen MR) is 31.4 cm³/mol. The Balaban J connectivity index is 2.83. The summed E-state index contributed by atoms with van der Waals surface area (Å²) >= 11 is -0.874. The third kappa shape index (κ3) is 4.18. The highest BCUT2D eigenvalue weighted by Gasteiger charge is 2.06. The topological polar surface area (TPSA) is 32.3 Å². The van der Waals surface area contributed by atoms with Crippen LogP contribution in [-0.2, 0) is 15.7 Å². The molecular weight excluding hydrogens is 111 g/mol. The van der Waals surface area contributed by atoms with E-state index in [2.05, 4.69) is 4.65 Å². The zero-order chi connectivity index (χ0) is 5.70. The molecule has 0 rings (SSSR count). The second-order valence-corrected chi connectivity index (χ2v) is 2.53. The van der Waals surface area contributed by atoms with Crippen molar-refractivity contribution in [1.82, 2.24) is 0 Å². The molecule has 41 valence electrons. The molecular formula is C3H8BO2S. The third-order valence-electron chi connectivity index (χ3n) is 0.488. The van der Waals surface area contributed by atoms with Gasteiger partial charge in [0.2, 0.25) is 0 Å². The minimum absolute atomic E-state index is 0.633. The van der Waals surface area contributed by atoms with Crippen molar-refractivity contribution in [3.8, 4) is 0 Å². The Labute approximate surface area is 47.6 Å². The Morgan fingerprint density at radius 3 is 2.57 bits per heavy atom. The van der Waals surface area contributed by atoms with Gasteiger partial charge in [0, 0.05) is 7.11 Å². The molecule has 0 saturated heterocycles. The Bertz CT molecular complexity index is 43.9. The quantitative estimate of drug-likeness (QED) is 0.385. The van der Waals surface area contributed by atoms with Crippen LogP contribution in [0.3, 0.4) is 0 Å². The van der Waals surface area contributed by atoms with E-state index >= 15 is 0 Å². The Morgan fingerprint density at radius 1 is 1.86 bits per heavy atom. The minimum Gasteiger partial charge on any atom is -0.633 e. The normalized spacial score (nSPS) is 13.6. The first-order valence-electron chi connectivity index (χ1n) is 2.04. The molecule has 0 aliphatic heterocycles. The Kier molecular flexibility index (Phi) is 4.71. The summed E-state index contributed by atoms with van der Waals surface area (Å²) in [4.78, 5) is 0. The van der Waals surface area contributed by atoms with Crippen LogP contribution in [0.15, 0.2) is 0 Å². The standard InChI is InChI=1S/C3H8BO2S/c1-3-7(5)4-6-2/h3H2,1-2H3. The molecule has 0 heterocycles. The molecule has 0 N–H and O–H groups in total. The highest BCUT2D eigenvalue weighted by Crippen LogP contribution is 1.83. The van der Waals surface area contributed by atoms with Crippen molar-refractivity contribution in [1.29, 1.82) is 0 Å². The van der Waals surface area contributed by atoms with Crippen LogP contribution in [0.4, 0.5) is 0 Å². The van der Waals surface area contributed by atoms with E-state index in [-0.39, 0.29) is 0 Å². The Morgan fingerprint density at radius 2 is 2.43 bits per heavy atom. The maximum atomic E-state index is 10.3. The molecule has 4 heteroatoms. The summed E-state index contributed by atoms with van der Waals surface area (Å²) in [5.74, 6) is 0.633. The maximum Gasteiger partial charge on any atom is 0.637 e. The average molecular weight is 119 g/mol. The van der Waals surface area contributed by atoms with E-state index in [1.54, 1.807) is 0 Å². The zero-order valence-corrected chi connectivity index (χ0v) is 5.33. The van der Waals surface area contributed by atoms with Crippen LogP contribution in [0.5, 0.6) is 0 Å². The van der Waals surface area contributed by atoms with Gasteiger partial charge in [-0.2, -0.15) is 0 Å². The predicted octanol–water partition coefficient (Wildman–Crippen LogP) is -0.0644. The van der Waals surface area contributed by atoms with Gasteiger partial charge in [0.05, 0.1) is 5.75 Å². The molecule has 0 aliphatic carbocycles. The van der Waals surface area contributed by atoms with E-state index in [1.807, 2.05) is 6.92 Å². The molecule has 0 aromatic rings. The summed E-state index contributed by atoms with van der Waals surface area (Å²) in [5.41, 5.74) is 0. The fraction of sp³-hybridized carbons (Fsp3) is 1.00. The summed E-state index contributed by atoms with van der Waals surface area (Å²) in [7, 11) is 1.49. The van der Waals surface area contributed by atoms with Crippen molar-refractivity contribution in [3.05, 3.63) is 0 Å². The van der Waals surface area contributed by atoms with Gasteiger partial charge in [-0.15, -0.1) is 0 Å². The van der Waals surface area contributed by atoms with Crippen molar-refractivity contribution in [2.75, 3.05) is 12.9 Å². The van der Waals surface area contributed by atoms with E-state index < -0.39 is 11.0 Å². The minimum atomic E-state index is -0.874. The molecule has 1 radical (unpaired) electrons. The third-order valence-corrected chi connectivity index (χ3v) is 1.46. The molecule has 1 unspecified atom stereocenters. The van der Waals surface area contributed by atoms with Crippen LogP contribution in [-0.4, -0.2) is 24.2 Å². The van der Waals surface area contributed by atoms with Gasteiger partial charge in [-0.1, -0.05) is 11.0 Å². The lowest BCUT2D eigenvalue weighted by molar-refractivity contribution is 0.451. The van der Waals surface area contributed by atoms with E-state index in [4.69, 9.17) is 0 Å². The maximum absolute atomic E-state index is 10.3. The molecule has 0 fully saturated rings. The molecule has 0 aromatic carbocycles. The summed E-state index contributed by atoms with van der Waals surface area (Å²) in [5, 5.41) is 0. The van der Waals surface area contributed by atoms with E-state index in [0.717, 1.165) is 0 Å². The van der Waals surface area contributed by atoms with Gasteiger partial charge in [0.15, 0.2) is 0 Å². The lowest BCUT2D eigenvalue weighted by Gasteiger charge is -2.01. The number of hydrogen-bond acceptors (Lipinski definition) is 2. The molecule has 0 aliphatic rings. The van der Waals surface area contributed by atoms with Crippen LogP contribution < -0.4 is 0 Å². The number of hydrogen-bond donors (Lipinski definition) is 0. The average Bonchev–Trinajstić information content (AvgIpc) is 1.68. The smallest absolute Gasteiger partial charge is 0.633 e. The molecule has 0 bridgehead atoms. The fourth-order valence-corrected chi connectivity index (χ4v) is 0.526. The van der Waals surface area contributed by atoms with Gasteiger partial charge >= 0.3 is 6.76 Å². The van der Waals surface area contributed by atoms with Crippen molar-refractivity contribution >= 4 is 17.8 Å². The first kappa shape index (κ1) is 7.33. The molecule has 0 saturated carbocycles. The lowest BCUT2D eigenvalue weighted by Crippen LogP contribution is -2.13. The van der Waals surface area contributed by atoms with Crippen LogP contribution in [0.1, 0.15) is 6.92 Å². The molecule has 0 spiro atoms. The summed E-state index contributed by atoms with van der Waals surface area (Å²) in [6.07, 6.45) is 0. The molecule has 2 nitrogen and oxygen atoms in total. The van der Waals surface area contributed by atoms with Crippen LogP contribution >= 0.6 is 0 Å². The summed E-state index contributed by atoms with van der Waals surface area (Å²) in [6, 6.07) is 0. The number of rotatable bonds is 3.